The molecule has 0 spiro atoms. The van der Waals surface area contributed by atoms with Crippen molar-refractivity contribution in [2.24, 2.45) is 17.1 Å². The van der Waals surface area contributed by atoms with E-state index in [2.05, 4.69) is 10.0 Å². The molecule has 4 N–H and O–H groups in total. The minimum absolute atomic E-state index is 0. The Labute approximate surface area is 160 Å². The molecule has 26 heavy (non-hydrogen) atoms. The lowest BCUT2D eigenvalue weighted by molar-refractivity contribution is -0.222. The summed E-state index contributed by atoms with van der Waals surface area (Å²) in [5.74, 6) is -0.330. The van der Waals surface area contributed by atoms with E-state index in [1.165, 1.54) is 19.2 Å². The van der Waals surface area contributed by atoms with Crippen molar-refractivity contribution in [3.8, 4) is 0 Å². The average molecular weight is 404 g/mol. The Kier molecular flexibility index (Phi) is 5.76. The molecular weight excluding hydrogens is 378 g/mol. The number of hydrogen-bond acceptors (Lipinski definition) is 5. The summed E-state index contributed by atoms with van der Waals surface area (Å²) < 4.78 is 31.9. The maximum absolute atomic E-state index is 13.0. The van der Waals surface area contributed by atoms with Gasteiger partial charge in [-0.3, -0.25) is 4.79 Å². The summed E-state index contributed by atoms with van der Waals surface area (Å²) in [5.41, 5.74) is 5.42. The van der Waals surface area contributed by atoms with Gasteiger partial charge in [0.05, 0.1) is 11.0 Å². The Bertz CT molecular complexity index is 799. The van der Waals surface area contributed by atoms with Gasteiger partial charge in [-0.25, -0.2) is 13.1 Å². The molecule has 3 rings (SSSR count). The molecule has 0 radical (unpaired) electrons. The number of hydrogen-bond donors (Lipinski definition) is 3. The highest BCUT2D eigenvalue weighted by molar-refractivity contribution is 7.89. The maximum atomic E-state index is 13.0. The van der Waals surface area contributed by atoms with E-state index in [4.69, 9.17) is 10.5 Å². The van der Waals surface area contributed by atoms with Crippen LogP contribution in [0.1, 0.15) is 26.7 Å². The lowest BCUT2D eigenvalue weighted by Crippen LogP contribution is -2.81. The largest absolute Gasteiger partial charge is 0.377 e. The van der Waals surface area contributed by atoms with Crippen LogP contribution in [0.5, 0.6) is 0 Å². The quantitative estimate of drug-likeness (QED) is 0.705. The Morgan fingerprint density at radius 2 is 2.04 bits per heavy atom. The zero-order valence-corrected chi connectivity index (χ0v) is 16.7. The Morgan fingerprint density at radius 1 is 1.35 bits per heavy atom. The molecule has 1 aromatic carbocycles. The van der Waals surface area contributed by atoms with Crippen LogP contribution in [0.3, 0.4) is 0 Å². The van der Waals surface area contributed by atoms with Gasteiger partial charge >= 0.3 is 0 Å². The number of ether oxygens (including phenoxy) is 1. The molecule has 1 aliphatic heterocycles. The first-order valence-corrected chi connectivity index (χ1v) is 9.88. The number of carbonyl (C=O) groups excluding carboxylic acids is 1. The second-order valence-electron chi connectivity index (χ2n) is 7.32. The van der Waals surface area contributed by atoms with Crippen molar-refractivity contribution in [2.75, 3.05) is 19.0 Å². The molecule has 1 aliphatic carbocycles. The fourth-order valence-electron chi connectivity index (χ4n) is 4.13. The second kappa shape index (κ2) is 7.09. The summed E-state index contributed by atoms with van der Waals surface area (Å²) in [4.78, 5) is 13.0. The highest BCUT2D eigenvalue weighted by Gasteiger charge is 2.70. The van der Waals surface area contributed by atoms with Crippen molar-refractivity contribution in [3.05, 3.63) is 24.3 Å². The predicted molar refractivity (Wildman–Crippen MR) is 102 cm³/mol. The van der Waals surface area contributed by atoms with Crippen LogP contribution in [0.2, 0.25) is 0 Å². The first-order chi connectivity index (χ1) is 11.6. The van der Waals surface area contributed by atoms with Crippen molar-refractivity contribution in [1.29, 1.82) is 0 Å². The topological polar surface area (TPSA) is 111 Å². The summed E-state index contributed by atoms with van der Waals surface area (Å²) in [6, 6.07) is 6.13. The Hall–Kier alpha value is -1.19. The minimum atomic E-state index is -3.58. The fourth-order valence-corrected chi connectivity index (χ4v) is 4.91. The number of benzene rings is 1. The van der Waals surface area contributed by atoms with E-state index < -0.39 is 21.0 Å². The first kappa shape index (κ1) is 21.1. The number of amides is 1. The third-order valence-corrected chi connectivity index (χ3v) is 7.14. The molecule has 2 fully saturated rings. The number of fused-ring (bicyclic) bond motifs is 1. The van der Waals surface area contributed by atoms with Gasteiger partial charge in [0, 0.05) is 23.6 Å². The molecular formula is C17H26ClN3O4S. The molecule has 7 nitrogen and oxygen atoms in total. The zero-order valence-electron chi connectivity index (χ0n) is 15.1. The third kappa shape index (κ3) is 3.03. The van der Waals surface area contributed by atoms with Gasteiger partial charge in [-0.1, -0.05) is 19.9 Å². The summed E-state index contributed by atoms with van der Waals surface area (Å²) in [6.07, 6.45) is 1.72. The van der Waals surface area contributed by atoms with Crippen LogP contribution in [-0.2, 0) is 19.6 Å². The monoisotopic (exact) mass is 403 g/mol. The van der Waals surface area contributed by atoms with Gasteiger partial charge in [-0.15, -0.1) is 12.4 Å². The van der Waals surface area contributed by atoms with Crippen LogP contribution in [0, 0.1) is 11.3 Å². The highest BCUT2D eigenvalue weighted by Crippen LogP contribution is 2.57. The van der Waals surface area contributed by atoms with Crippen molar-refractivity contribution < 1.29 is 17.9 Å². The van der Waals surface area contributed by atoms with Crippen LogP contribution in [0.25, 0.3) is 0 Å². The summed E-state index contributed by atoms with van der Waals surface area (Å²) in [6.45, 7) is 4.59. The third-order valence-electron chi connectivity index (χ3n) is 5.73. The molecule has 1 amide bonds. The lowest BCUT2D eigenvalue weighted by atomic mass is 9.46. The molecule has 1 heterocycles. The summed E-state index contributed by atoms with van der Waals surface area (Å²) >= 11 is 0. The van der Waals surface area contributed by atoms with Crippen molar-refractivity contribution >= 4 is 34.0 Å². The SMILES string of the molecule is CNS(=O)(=O)c1cccc(NC(=O)C2(N)C3CCCOC3C2(C)C)c1.Cl. The van der Waals surface area contributed by atoms with E-state index in [0.717, 1.165) is 12.8 Å². The number of rotatable bonds is 4. The molecule has 9 heteroatoms. The molecule has 146 valence electrons. The number of nitrogens with two attached hydrogens (primary N) is 1. The van der Waals surface area contributed by atoms with Crippen molar-refractivity contribution in [3.63, 3.8) is 0 Å². The second-order valence-corrected chi connectivity index (χ2v) is 9.21. The van der Waals surface area contributed by atoms with Crippen LogP contribution in [-0.4, -0.2) is 39.6 Å². The Balaban J connectivity index is 0.00000243. The van der Waals surface area contributed by atoms with Crippen molar-refractivity contribution in [2.45, 2.75) is 43.2 Å². The van der Waals surface area contributed by atoms with Crippen LogP contribution in [0.15, 0.2) is 29.2 Å². The van der Waals surface area contributed by atoms with Crippen LogP contribution in [0.4, 0.5) is 5.69 Å². The number of halogens is 1. The average Bonchev–Trinajstić information content (AvgIpc) is 2.61. The molecule has 1 aromatic rings. The standard InChI is InChI=1S/C17H25N3O4S.ClH/c1-16(2)14-13(8-5-9-24-14)17(16,18)15(21)20-11-6-4-7-12(10-11)25(22,23)19-3;/h4,6-7,10,13-14,19H,5,8-9,18H2,1-3H3,(H,20,21);1H. The van der Waals surface area contributed by atoms with Gasteiger partial charge in [-0.05, 0) is 38.1 Å². The number of sulfonamides is 1. The smallest absolute Gasteiger partial charge is 0.245 e. The van der Waals surface area contributed by atoms with E-state index >= 15 is 0 Å². The molecule has 1 saturated heterocycles. The number of carbonyl (C=O) groups is 1. The molecule has 3 unspecified atom stereocenters. The van der Waals surface area contributed by atoms with E-state index in [-0.39, 0.29) is 35.2 Å². The Morgan fingerprint density at radius 3 is 2.69 bits per heavy atom. The van der Waals surface area contributed by atoms with E-state index in [0.29, 0.717) is 12.3 Å². The summed E-state index contributed by atoms with van der Waals surface area (Å²) in [5, 5.41) is 2.80. The number of anilines is 1. The molecule has 0 bridgehead atoms. The van der Waals surface area contributed by atoms with Gasteiger partial charge in [0.15, 0.2) is 0 Å². The molecule has 0 aromatic heterocycles. The fraction of sp³-hybridized carbons (Fsp3) is 0.588. The van der Waals surface area contributed by atoms with Gasteiger partial charge < -0.3 is 15.8 Å². The van der Waals surface area contributed by atoms with Crippen molar-refractivity contribution in [1.82, 2.24) is 4.72 Å². The molecule has 3 atom stereocenters. The predicted octanol–water partition coefficient (Wildman–Crippen LogP) is 1.49. The van der Waals surface area contributed by atoms with Gasteiger partial charge in [0.25, 0.3) is 0 Å². The van der Waals surface area contributed by atoms with Gasteiger partial charge in [0.2, 0.25) is 15.9 Å². The number of nitrogens with one attached hydrogen (secondary N) is 2. The molecule has 2 aliphatic rings. The summed E-state index contributed by atoms with van der Waals surface area (Å²) in [7, 11) is -2.24. The van der Waals surface area contributed by atoms with Crippen LogP contribution < -0.4 is 15.8 Å². The lowest BCUT2D eigenvalue weighted by Gasteiger charge is -2.65. The minimum Gasteiger partial charge on any atom is -0.377 e. The zero-order chi connectivity index (χ0) is 18.5. The van der Waals surface area contributed by atoms with Crippen LogP contribution >= 0.6 is 12.4 Å². The normalized spacial score (nSPS) is 29.7. The van der Waals surface area contributed by atoms with E-state index in [1.54, 1.807) is 12.1 Å². The van der Waals surface area contributed by atoms with Gasteiger partial charge in [-0.2, -0.15) is 0 Å². The first-order valence-electron chi connectivity index (χ1n) is 8.40. The molecule has 1 saturated carbocycles. The van der Waals surface area contributed by atoms with E-state index in [9.17, 15) is 13.2 Å². The maximum Gasteiger partial charge on any atom is 0.245 e. The van der Waals surface area contributed by atoms with E-state index in [1.807, 2.05) is 13.8 Å². The van der Waals surface area contributed by atoms with Gasteiger partial charge in [0.1, 0.15) is 5.54 Å². The highest BCUT2D eigenvalue weighted by atomic mass is 35.5.